The van der Waals surface area contributed by atoms with Crippen molar-refractivity contribution in [3.8, 4) is 0 Å². The van der Waals surface area contributed by atoms with Crippen molar-refractivity contribution in [2.24, 2.45) is 0 Å². The predicted molar refractivity (Wildman–Crippen MR) is 74.8 cm³/mol. The van der Waals surface area contributed by atoms with E-state index in [9.17, 15) is 4.79 Å². The lowest BCUT2D eigenvalue weighted by atomic mass is 10.2. The minimum Gasteiger partial charge on any atom is -0.360 e. The molecule has 6 heteroatoms. The van der Waals surface area contributed by atoms with Crippen LogP contribution in [0.4, 0.5) is 0 Å². The quantitative estimate of drug-likeness (QED) is 0.863. The fourth-order valence-corrected chi connectivity index (χ4v) is 3.01. The Labute approximate surface area is 122 Å². The van der Waals surface area contributed by atoms with E-state index in [1.807, 2.05) is 27.9 Å². The molecule has 0 bridgehead atoms. The minimum absolute atomic E-state index is 0.0136. The number of likely N-dealkylation sites (tertiary alicyclic amines) is 1. The summed E-state index contributed by atoms with van der Waals surface area (Å²) in [6.07, 6.45) is 8.04. The lowest BCUT2D eigenvalue weighted by Gasteiger charge is -2.23. The van der Waals surface area contributed by atoms with E-state index in [1.165, 1.54) is 0 Å². The summed E-state index contributed by atoms with van der Waals surface area (Å²) in [6, 6.07) is 3.92. The Kier molecular flexibility index (Phi) is 3.02. The Morgan fingerprint density at radius 2 is 2.29 bits per heavy atom. The molecule has 0 radical (unpaired) electrons. The number of carbonyl (C=O) groups is 1. The van der Waals surface area contributed by atoms with Crippen LogP contribution >= 0.6 is 0 Å². The zero-order valence-electron chi connectivity index (χ0n) is 11.8. The topological polar surface area (TPSA) is 64.2 Å². The van der Waals surface area contributed by atoms with Crippen LogP contribution in [-0.4, -0.2) is 38.3 Å². The Balaban J connectivity index is 1.48. The molecule has 1 amide bonds. The van der Waals surface area contributed by atoms with Crippen LogP contribution in [0.2, 0.25) is 0 Å². The normalized spacial score (nSPS) is 21.9. The summed E-state index contributed by atoms with van der Waals surface area (Å²) >= 11 is 0. The maximum Gasteiger partial charge on any atom is 0.276 e. The third kappa shape index (κ3) is 2.46. The number of amides is 1. The van der Waals surface area contributed by atoms with Gasteiger partial charge in [-0.05, 0) is 31.7 Å². The molecule has 2 aromatic heterocycles. The van der Waals surface area contributed by atoms with Crippen molar-refractivity contribution in [1.29, 1.82) is 0 Å². The monoisotopic (exact) mass is 286 g/mol. The average molecular weight is 286 g/mol. The van der Waals surface area contributed by atoms with Gasteiger partial charge in [0.15, 0.2) is 5.69 Å². The minimum atomic E-state index is -0.0136. The highest BCUT2D eigenvalue weighted by molar-refractivity contribution is 5.92. The number of hydrogen-bond donors (Lipinski definition) is 0. The van der Waals surface area contributed by atoms with Crippen molar-refractivity contribution >= 4 is 5.91 Å². The molecule has 1 aliphatic carbocycles. The van der Waals surface area contributed by atoms with Crippen molar-refractivity contribution in [3.05, 3.63) is 36.0 Å². The molecule has 1 saturated heterocycles. The van der Waals surface area contributed by atoms with Gasteiger partial charge in [0.05, 0.1) is 12.6 Å². The van der Waals surface area contributed by atoms with Crippen molar-refractivity contribution < 1.29 is 9.32 Å². The fraction of sp³-hybridized carbons (Fsp3) is 0.533. The first-order valence-corrected chi connectivity index (χ1v) is 7.56. The van der Waals surface area contributed by atoms with Crippen molar-refractivity contribution in [3.63, 3.8) is 0 Å². The molecular formula is C15H18N4O2. The third-order valence-electron chi connectivity index (χ3n) is 4.32. The molecule has 0 N–H and O–H groups in total. The molecule has 1 atom stereocenters. The first-order valence-electron chi connectivity index (χ1n) is 7.56. The Morgan fingerprint density at radius 1 is 1.38 bits per heavy atom. The maximum absolute atomic E-state index is 12.6. The molecule has 4 rings (SSSR count). The number of hydrogen-bond acceptors (Lipinski definition) is 4. The van der Waals surface area contributed by atoms with Gasteiger partial charge < -0.3 is 9.42 Å². The van der Waals surface area contributed by atoms with E-state index < -0.39 is 0 Å². The molecule has 0 aromatic carbocycles. The van der Waals surface area contributed by atoms with Crippen LogP contribution in [0.1, 0.15) is 47.8 Å². The van der Waals surface area contributed by atoms with E-state index in [0.29, 0.717) is 11.6 Å². The molecule has 21 heavy (non-hydrogen) atoms. The van der Waals surface area contributed by atoms with E-state index in [-0.39, 0.29) is 11.9 Å². The standard InChI is InChI=1S/C15H18N4O2/c20-15(13-9-14(21-17-13)11-4-5-11)19-8-1-3-12(19)10-18-7-2-6-16-18/h2,6-7,9,11-12H,1,3-5,8,10H2. The summed E-state index contributed by atoms with van der Waals surface area (Å²) in [5.41, 5.74) is 0.448. The summed E-state index contributed by atoms with van der Waals surface area (Å²) in [7, 11) is 0. The van der Waals surface area contributed by atoms with Gasteiger partial charge in [-0.25, -0.2) is 0 Å². The molecule has 3 heterocycles. The number of carbonyl (C=O) groups excluding carboxylic acids is 1. The van der Waals surface area contributed by atoms with Crippen LogP contribution in [0.15, 0.2) is 29.0 Å². The van der Waals surface area contributed by atoms with Crippen LogP contribution in [0.25, 0.3) is 0 Å². The highest BCUT2D eigenvalue weighted by Crippen LogP contribution is 2.40. The zero-order chi connectivity index (χ0) is 14.2. The van der Waals surface area contributed by atoms with Crippen LogP contribution in [0, 0.1) is 0 Å². The molecule has 2 aromatic rings. The molecule has 110 valence electrons. The second-order valence-electron chi connectivity index (χ2n) is 5.91. The Bertz CT molecular complexity index is 630. The number of aromatic nitrogens is 3. The van der Waals surface area contributed by atoms with Crippen molar-refractivity contribution in [1.82, 2.24) is 19.8 Å². The Morgan fingerprint density at radius 3 is 3.05 bits per heavy atom. The summed E-state index contributed by atoms with van der Waals surface area (Å²) in [6.45, 7) is 1.53. The summed E-state index contributed by atoms with van der Waals surface area (Å²) < 4.78 is 7.18. The lowest BCUT2D eigenvalue weighted by Crippen LogP contribution is -2.38. The van der Waals surface area contributed by atoms with Gasteiger partial charge in [0, 0.05) is 30.9 Å². The molecule has 2 aliphatic rings. The van der Waals surface area contributed by atoms with E-state index in [2.05, 4.69) is 10.3 Å². The number of nitrogens with zero attached hydrogens (tertiary/aromatic N) is 4. The summed E-state index contributed by atoms with van der Waals surface area (Å²) in [4.78, 5) is 14.5. The zero-order valence-corrected chi connectivity index (χ0v) is 11.8. The van der Waals surface area contributed by atoms with E-state index in [4.69, 9.17) is 4.52 Å². The van der Waals surface area contributed by atoms with Gasteiger partial charge in [0.1, 0.15) is 5.76 Å². The van der Waals surface area contributed by atoms with E-state index in [0.717, 1.165) is 44.5 Å². The van der Waals surface area contributed by atoms with Gasteiger partial charge >= 0.3 is 0 Å². The predicted octanol–water partition coefficient (Wildman–Crippen LogP) is 2.05. The van der Waals surface area contributed by atoms with Crippen LogP contribution in [0.3, 0.4) is 0 Å². The highest BCUT2D eigenvalue weighted by Gasteiger charge is 2.33. The molecule has 2 fully saturated rings. The van der Waals surface area contributed by atoms with Gasteiger partial charge in [-0.1, -0.05) is 5.16 Å². The lowest BCUT2D eigenvalue weighted by molar-refractivity contribution is 0.0711. The van der Waals surface area contributed by atoms with Crippen LogP contribution in [-0.2, 0) is 6.54 Å². The first-order chi connectivity index (χ1) is 10.3. The SMILES string of the molecule is O=C(c1cc(C2CC2)on1)N1CCCC1Cn1cccn1. The highest BCUT2D eigenvalue weighted by atomic mass is 16.5. The molecule has 1 saturated carbocycles. The first kappa shape index (κ1) is 12.6. The van der Waals surface area contributed by atoms with Crippen molar-refractivity contribution in [2.45, 2.75) is 44.2 Å². The third-order valence-corrected chi connectivity index (χ3v) is 4.32. The van der Waals surface area contributed by atoms with Crippen LogP contribution < -0.4 is 0 Å². The number of rotatable bonds is 4. The molecule has 6 nitrogen and oxygen atoms in total. The molecule has 1 unspecified atom stereocenters. The second-order valence-corrected chi connectivity index (χ2v) is 5.91. The maximum atomic E-state index is 12.6. The fourth-order valence-electron chi connectivity index (χ4n) is 3.01. The van der Waals surface area contributed by atoms with Gasteiger partial charge in [-0.15, -0.1) is 0 Å². The molecular weight excluding hydrogens is 268 g/mol. The van der Waals surface area contributed by atoms with Crippen molar-refractivity contribution in [2.75, 3.05) is 6.54 Å². The van der Waals surface area contributed by atoms with Gasteiger partial charge in [0.2, 0.25) is 0 Å². The Hall–Kier alpha value is -2.11. The largest absolute Gasteiger partial charge is 0.360 e. The van der Waals surface area contributed by atoms with E-state index in [1.54, 1.807) is 6.20 Å². The smallest absolute Gasteiger partial charge is 0.276 e. The molecule has 0 spiro atoms. The van der Waals surface area contributed by atoms with Gasteiger partial charge in [-0.3, -0.25) is 9.48 Å². The van der Waals surface area contributed by atoms with Crippen LogP contribution in [0.5, 0.6) is 0 Å². The summed E-state index contributed by atoms with van der Waals surface area (Å²) in [5, 5.41) is 8.19. The van der Waals surface area contributed by atoms with E-state index >= 15 is 0 Å². The van der Waals surface area contributed by atoms with Gasteiger partial charge in [-0.2, -0.15) is 5.10 Å². The summed E-state index contributed by atoms with van der Waals surface area (Å²) in [5.74, 6) is 1.33. The molecule has 1 aliphatic heterocycles. The second kappa shape index (κ2) is 5.02. The average Bonchev–Trinajstić information content (AvgIpc) is 2.96. The van der Waals surface area contributed by atoms with Gasteiger partial charge in [0.25, 0.3) is 5.91 Å².